The third kappa shape index (κ3) is 2.89. The number of hydrogen-bond donors (Lipinski definition) is 0. The lowest BCUT2D eigenvalue weighted by molar-refractivity contribution is -0.144. The molecule has 6 heteroatoms. The minimum Gasteiger partial charge on any atom is -0.461 e. The van der Waals surface area contributed by atoms with Gasteiger partial charge in [0.05, 0.1) is 24.7 Å². The van der Waals surface area contributed by atoms with Crippen LogP contribution in [0.25, 0.3) is 0 Å². The van der Waals surface area contributed by atoms with Crippen molar-refractivity contribution < 1.29 is 19.1 Å². The van der Waals surface area contributed by atoms with Gasteiger partial charge < -0.3 is 14.0 Å². The van der Waals surface area contributed by atoms with E-state index < -0.39 is 0 Å². The normalized spacial score (nSPS) is 20.9. The highest BCUT2D eigenvalue weighted by Gasteiger charge is 2.27. The number of ether oxygens (including phenoxy) is 2. The van der Waals surface area contributed by atoms with Gasteiger partial charge in [0.1, 0.15) is 6.10 Å². The summed E-state index contributed by atoms with van der Waals surface area (Å²) < 4.78 is 12.0. The Bertz CT molecular complexity index is 547. The predicted molar refractivity (Wildman–Crippen MR) is 71.3 cm³/mol. The fraction of sp³-hybridized carbons (Fsp3) is 0.500. The molecule has 0 saturated heterocycles. The summed E-state index contributed by atoms with van der Waals surface area (Å²) in [4.78, 5) is 27.1. The Labute approximate surface area is 117 Å². The van der Waals surface area contributed by atoms with Crippen molar-refractivity contribution in [2.45, 2.75) is 39.3 Å². The van der Waals surface area contributed by atoms with E-state index >= 15 is 0 Å². The van der Waals surface area contributed by atoms with Gasteiger partial charge in [0.25, 0.3) is 0 Å². The average molecular weight is 278 g/mol. The van der Waals surface area contributed by atoms with E-state index in [-0.39, 0.29) is 24.1 Å². The average Bonchev–Trinajstić information content (AvgIpc) is 2.95. The van der Waals surface area contributed by atoms with E-state index in [4.69, 9.17) is 9.47 Å². The summed E-state index contributed by atoms with van der Waals surface area (Å²) in [5.41, 5.74) is 1.08. The molecule has 0 aliphatic heterocycles. The highest BCUT2D eigenvalue weighted by Crippen LogP contribution is 2.27. The summed E-state index contributed by atoms with van der Waals surface area (Å²) in [5.74, 6) is -0.695. The van der Waals surface area contributed by atoms with E-state index in [0.717, 1.165) is 0 Å². The maximum atomic E-state index is 12.0. The van der Waals surface area contributed by atoms with Gasteiger partial charge in [0.15, 0.2) is 5.69 Å². The van der Waals surface area contributed by atoms with Gasteiger partial charge in [-0.1, -0.05) is 6.08 Å². The maximum Gasteiger partial charge on any atom is 0.356 e. The van der Waals surface area contributed by atoms with Crippen LogP contribution in [0.5, 0.6) is 0 Å². The minimum absolute atomic E-state index is 0.0556. The number of nitrogens with zero attached hydrogens (tertiary/aromatic N) is 2. The molecule has 6 nitrogen and oxygen atoms in total. The molecule has 0 N–H and O–H groups in total. The third-order valence-electron chi connectivity index (χ3n) is 3.14. The van der Waals surface area contributed by atoms with Gasteiger partial charge >= 0.3 is 11.9 Å². The van der Waals surface area contributed by atoms with Gasteiger partial charge in [-0.3, -0.25) is 4.79 Å². The number of aromatic nitrogens is 2. The molecule has 1 aromatic rings. The molecule has 20 heavy (non-hydrogen) atoms. The first-order valence-electron chi connectivity index (χ1n) is 6.59. The van der Waals surface area contributed by atoms with Crippen LogP contribution in [0.3, 0.4) is 0 Å². The van der Waals surface area contributed by atoms with Gasteiger partial charge in [-0.25, -0.2) is 9.78 Å². The molecular formula is C14H18N2O4. The van der Waals surface area contributed by atoms with Gasteiger partial charge in [0, 0.05) is 13.3 Å². The first-order valence-corrected chi connectivity index (χ1v) is 6.59. The molecule has 2 unspecified atom stereocenters. The van der Waals surface area contributed by atoms with Crippen LogP contribution in [0, 0.1) is 6.92 Å². The number of allylic oxidation sites excluding steroid dienone is 1. The van der Waals surface area contributed by atoms with Crippen LogP contribution in [0.2, 0.25) is 0 Å². The highest BCUT2D eigenvalue weighted by molar-refractivity contribution is 5.88. The van der Waals surface area contributed by atoms with Crippen LogP contribution < -0.4 is 0 Å². The molecule has 0 aromatic carbocycles. The molecule has 2 atom stereocenters. The molecule has 108 valence electrons. The van der Waals surface area contributed by atoms with Crippen LogP contribution in [0.15, 0.2) is 18.5 Å². The lowest BCUT2D eigenvalue weighted by Crippen LogP contribution is -2.18. The van der Waals surface area contributed by atoms with Gasteiger partial charge in [-0.05, 0) is 19.9 Å². The highest BCUT2D eigenvalue weighted by atomic mass is 16.5. The van der Waals surface area contributed by atoms with Crippen molar-refractivity contribution in [3.63, 3.8) is 0 Å². The van der Waals surface area contributed by atoms with E-state index in [1.807, 2.05) is 12.2 Å². The van der Waals surface area contributed by atoms with Crippen LogP contribution in [-0.4, -0.2) is 34.2 Å². The van der Waals surface area contributed by atoms with Gasteiger partial charge in [-0.2, -0.15) is 0 Å². The summed E-state index contributed by atoms with van der Waals surface area (Å²) in [6.07, 6.45) is 5.71. The topological polar surface area (TPSA) is 70.4 Å². The number of rotatable bonds is 4. The van der Waals surface area contributed by atoms with Crippen molar-refractivity contribution in [3.05, 3.63) is 29.9 Å². The number of imidazole rings is 1. The molecule has 0 saturated carbocycles. The van der Waals surface area contributed by atoms with Crippen molar-refractivity contribution in [3.8, 4) is 0 Å². The van der Waals surface area contributed by atoms with Crippen LogP contribution in [-0.2, 0) is 14.3 Å². The van der Waals surface area contributed by atoms with Crippen molar-refractivity contribution in [2.75, 3.05) is 6.61 Å². The van der Waals surface area contributed by atoms with E-state index in [1.165, 1.54) is 6.92 Å². The molecule has 0 spiro atoms. The van der Waals surface area contributed by atoms with E-state index in [0.29, 0.717) is 24.4 Å². The standard InChI is InChI=1S/C14H18N2O4/c1-4-19-14(18)13-9(2)15-8-16(13)11-5-6-12(7-11)20-10(3)17/h5-6,8,11-12H,4,7H2,1-3H3. The van der Waals surface area contributed by atoms with Crippen molar-refractivity contribution in [2.24, 2.45) is 0 Å². The molecule has 1 aromatic heterocycles. The van der Waals surface area contributed by atoms with Crippen molar-refractivity contribution in [1.29, 1.82) is 0 Å². The van der Waals surface area contributed by atoms with E-state index in [1.54, 1.807) is 24.7 Å². The SMILES string of the molecule is CCOC(=O)c1c(C)ncn1C1C=CC(OC(C)=O)C1. The minimum atomic E-state index is -0.383. The first kappa shape index (κ1) is 14.3. The molecule has 1 aliphatic carbocycles. The predicted octanol–water partition coefficient (Wildman–Crippen LogP) is 1.80. The Balaban J connectivity index is 2.17. The Morgan fingerprint density at radius 1 is 1.45 bits per heavy atom. The summed E-state index contributed by atoms with van der Waals surface area (Å²) in [5, 5.41) is 0. The van der Waals surface area contributed by atoms with E-state index in [2.05, 4.69) is 4.98 Å². The molecule has 0 radical (unpaired) electrons. The zero-order valence-electron chi connectivity index (χ0n) is 11.8. The Morgan fingerprint density at radius 3 is 2.85 bits per heavy atom. The second kappa shape index (κ2) is 5.90. The molecular weight excluding hydrogens is 260 g/mol. The summed E-state index contributed by atoms with van der Waals surface area (Å²) in [6.45, 7) is 5.23. The smallest absolute Gasteiger partial charge is 0.356 e. The van der Waals surface area contributed by atoms with Gasteiger partial charge in [-0.15, -0.1) is 0 Å². The fourth-order valence-electron chi connectivity index (χ4n) is 2.31. The maximum absolute atomic E-state index is 12.0. The third-order valence-corrected chi connectivity index (χ3v) is 3.14. The molecule has 1 aliphatic rings. The van der Waals surface area contributed by atoms with Crippen molar-refractivity contribution >= 4 is 11.9 Å². The first-order chi connectivity index (χ1) is 9.52. The molecule has 1 heterocycles. The van der Waals surface area contributed by atoms with Crippen LogP contribution in [0.4, 0.5) is 0 Å². The zero-order chi connectivity index (χ0) is 14.7. The largest absolute Gasteiger partial charge is 0.461 e. The second-order valence-corrected chi connectivity index (χ2v) is 4.64. The molecule has 2 rings (SSSR count). The zero-order valence-corrected chi connectivity index (χ0v) is 11.8. The number of esters is 2. The quantitative estimate of drug-likeness (QED) is 0.620. The summed E-state index contributed by atoms with van der Waals surface area (Å²) in [6, 6.07) is -0.0556. The number of carbonyl (C=O) groups is 2. The Morgan fingerprint density at radius 2 is 2.20 bits per heavy atom. The molecule has 0 amide bonds. The van der Waals surface area contributed by atoms with E-state index in [9.17, 15) is 9.59 Å². The summed E-state index contributed by atoms with van der Waals surface area (Å²) >= 11 is 0. The van der Waals surface area contributed by atoms with Crippen LogP contribution >= 0.6 is 0 Å². The number of carbonyl (C=O) groups excluding carboxylic acids is 2. The monoisotopic (exact) mass is 278 g/mol. The lowest BCUT2D eigenvalue weighted by Gasteiger charge is -2.16. The Hall–Kier alpha value is -2.11. The number of hydrogen-bond acceptors (Lipinski definition) is 5. The number of aryl methyl sites for hydroxylation is 1. The lowest BCUT2D eigenvalue weighted by atomic mass is 10.2. The fourth-order valence-corrected chi connectivity index (χ4v) is 2.31. The molecule has 0 fully saturated rings. The molecule has 0 bridgehead atoms. The second-order valence-electron chi connectivity index (χ2n) is 4.64. The Kier molecular flexibility index (Phi) is 4.22. The van der Waals surface area contributed by atoms with Gasteiger partial charge in [0.2, 0.25) is 0 Å². The van der Waals surface area contributed by atoms with Crippen LogP contribution in [0.1, 0.15) is 42.5 Å². The summed E-state index contributed by atoms with van der Waals surface area (Å²) in [7, 11) is 0. The van der Waals surface area contributed by atoms with Crippen molar-refractivity contribution in [1.82, 2.24) is 9.55 Å².